The number of allylic oxidation sites excluding steroid dienone is 2. The molecule has 0 bridgehead atoms. The topological polar surface area (TPSA) is 3.88 Å². The Labute approximate surface area is 73.7 Å². The smallest absolute Gasteiger partial charge is 0.185 e. The van der Waals surface area contributed by atoms with Gasteiger partial charge < -0.3 is 0 Å². The molecule has 0 aliphatic rings. The number of hydrogen-bond acceptors (Lipinski definition) is 0. The highest BCUT2D eigenvalue weighted by Gasteiger charge is 2.03. The predicted molar refractivity (Wildman–Crippen MR) is 50.7 cm³/mol. The molecular weight excluding hydrogens is 146 g/mol. The molecule has 0 spiro atoms. The van der Waals surface area contributed by atoms with Gasteiger partial charge in [-0.1, -0.05) is 18.7 Å². The Kier molecular flexibility index (Phi) is 3.27. The van der Waals surface area contributed by atoms with Crippen molar-refractivity contribution in [1.82, 2.24) is 0 Å². The first-order valence-corrected chi connectivity index (χ1v) is 4.07. The second-order valence-electron chi connectivity index (χ2n) is 2.63. The summed E-state index contributed by atoms with van der Waals surface area (Å²) in [7, 11) is 0. The number of pyridine rings is 1. The molecule has 0 saturated heterocycles. The van der Waals surface area contributed by atoms with Crippen LogP contribution in [-0.4, -0.2) is 0 Å². The van der Waals surface area contributed by atoms with Crippen LogP contribution in [0.25, 0.3) is 0 Å². The lowest BCUT2D eigenvalue weighted by molar-refractivity contribution is -0.693. The third kappa shape index (κ3) is 2.06. The lowest BCUT2D eigenvalue weighted by atomic mass is 10.2. The molecule has 0 saturated carbocycles. The Hall–Kier alpha value is -1.37. The van der Waals surface area contributed by atoms with Gasteiger partial charge in [-0.2, -0.15) is 4.57 Å². The van der Waals surface area contributed by atoms with E-state index in [2.05, 4.69) is 30.0 Å². The molecule has 1 rings (SSSR count). The van der Waals surface area contributed by atoms with E-state index in [4.69, 9.17) is 0 Å². The quantitative estimate of drug-likeness (QED) is 0.468. The minimum Gasteiger partial charge on any atom is -0.198 e. The van der Waals surface area contributed by atoms with Crippen molar-refractivity contribution in [2.75, 3.05) is 0 Å². The van der Waals surface area contributed by atoms with E-state index in [1.165, 1.54) is 5.69 Å². The van der Waals surface area contributed by atoms with Gasteiger partial charge in [0, 0.05) is 12.1 Å². The minimum absolute atomic E-state index is 0.865. The molecule has 0 aliphatic carbocycles. The molecule has 1 aromatic heterocycles. The van der Waals surface area contributed by atoms with E-state index in [0.29, 0.717) is 0 Å². The molecule has 0 fully saturated rings. The van der Waals surface area contributed by atoms with Gasteiger partial charge in [0.1, 0.15) is 0 Å². The summed E-state index contributed by atoms with van der Waals surface area (Å²) in [5.74, 6) is 0. The molecule has 1 heteroatoms. The van der Waals surface area contributed by atoms with Crippen LogP contribution in [0.4, 0.5) is 0 Å². The van der Waals surface area contributed by atoms with Gasteiger partial charge in [0.2, 0.25) is 0 Å². The van der Waals surface area contributed by atoms with Crippen molar-refractivity contribution >= 4 is 0 Å². The molecule has 62 valence electrons. The van der Waals surface area contributed by atoms with E-state index in [1.54, 1.807) is 0 Å². The highest BCUT2D eigenvalue weighted by molar-refractivity contribution is 5.01. The third-order valence-corrected chi connectivity index (χ3v) is 1.71. The van der Waals surface area contributed by atoms with Crippen molar-refractivity contribution in [3.8, 4) is 0 Å². The summed E-state index contributed by atoms with van der Waals surface area (Å²) in [4.78, 5) is 0. The number of nitrogens with zero attached hydrogens (tertiary/aromatic N) is 1. The van der Waals surface area contributed by atoms with Crippen LogP contribution in [0, 0.1) is 0 Å². The summed E-state index contributed by atoms with van der Waals surface area (Å²) in [5.41, 5.74) is 1.27. The van der Waals surface area contributed by atoms with E-state index >= 15 is 0 Å². The summed E-state index contributed by atoms with van der Waals surface area (Å²) in [5, 5.41) is 0. The lowest BCUT2D eigenvalue weighted by Gasteiger charge is -1.97. The monoisotopic (exact) mass is 160 g/mol. The SMILES string of the molecule is C=CCc1cccc[n+]1CC=C. The van der Waals surface area contributed by atoms with Crippen LogP contribution in [0.1, 0.15) is 5.69 Å². The second kappa shape index (κ2) is 4.50. The zero-order chi connectivity index (χ0) is 8.81. The maximum absolute atomic E-state index is 3.72. The Balaban J connectivity index is 2.90. The number of aromatic nitrogens is 1. The zero-order valence-corrected chi connectivity index (χ0v) is 7.24. The lowest BCUT2D eigenvalue weighted by Crippen LogP contribution is -2.36. The number of hydrogen-bond donors (Lipinski definition) is 0. The summed E-state index contributed by atoms with van der Waals surface area (Å²) < 4.78 is 2.16. The van der Waals surface area contributed by atoms with Gasteiger partial charge in [-0.15, -0.1) is 6.58 Å². The Bertz CT molecular complexity index is 247. The van der Waals surface area contributed by atoms with Crippen molar-refractivity contribution in [2.45, 2.75) is 13.0 Å². The Morgan fingerprint density at radius 2 is 2.08 bits per heavy atom. The van der Waals surface area contributed by atoms with E-state index in [1.807, 2.05) is 24.3 Å². The molecule has 0 N–H and O–H groups in total. The Morgan fingerprint density at radius 3 is 2.75 bits per heavy atom. The van der Waals surface area contributed by atoms with Crippen LogP contribution in [0.3, 0.4) is 0 Å². The first-order valence-electron chi connectivity index (χ1n) is 4.07. The second-order valence-corrected chi connectivity index (χ2v) is 2.63. The maximum atomic E-state index is 3.72. The van der Waals surface area contributed by atoms with Crippen LogP contribution < -0.4 is 4.57 Å². The molecule has 0 aliphatic heterocycles. The molecule has 0 aromatic carbocycles. The molecule has 12 heavy (non-hydrogen) atoms. The first-order chi connectivity index (χ1) is 5.88. The summed E-state index contributed by atoms with van der Waals surface area (Å²) >= 11 is 0. The molecule has 0 atom stereocenters. The van der Waals surface area contributed by atoms with Gasteiger partial charge in [0.05, 0.1) is 6.42 Å². The van der Waals surface area contributed by atoms with Crippen LogP contribution in [0.5, 0.6) is 0 Å². The normalized spacial score (nSPS) is 9.33. The molecule has 0 amide bonds. The van der Waals surface area contributed by atoms with Gasteiger partial charge in [-0.05, 0) is 6.08 Å². The van der Waals surface area contributed by atoms with Crippen molar-refractivity contribution in [3.63, 3.8) is 0 Å². The van der Waals surface area contributed by atoms with E-state index in [-0.39, 0.29) is 0 Å². The van der Waals surface area contributed by atoms with Crippen molar-refractivity contribution in [2.24, 2.45) is 0 Å². The van der Waals surface area contributed by atoms with Crippen molar-refractivity contribution in [3.05, 3.63) is 55.4 Å². The average Bonchev–Trinajstić information content (AvgIpc) is 2.09. The number of rotatable bonds is 4. The van der Waals surface area contributed by atoms with Gasteiger partial charge in [-0.3, -0.25) is 0 Å². The summed E-state index contributed by atoms with van der Waals surface area (Å²) in [6.45, 7) is 8.29. The fourth-order valence-corrected chi connectivity index (χ4v) is 1.16. The van der Waals surface area contributed by atoms with Crippen molar-refractivity contribution in [1.29, 1.82) is 0 Å². The van der Waals surface area contributed by atoms with Crippen LogP contribution >= 0.6 is 0 Å². The summed E-state index contributed by atoms with van der Waals surface area (Å²) in [6.07, 6.45) is 6.77. The first kappa shape index (κ1) is 8.72. The predicted octanol–water partition coefficient (Wildman–Crippen LogP) is 1.89. The van der Waals surface area contributed by atoms with E-state index < -0.39 is 0 Å². The van der Waals surface area contributed by atoms with Gasteiger partial charge in [0.15, 0.2) is 18.4 Å². The molecular formula is C11H14N+. The molecule has 1 aromatic rings. The standard InChI is InChI=1S/C11H14N/c1-3-7-11-8-5-6-10-12(11)9-4-2/h3-6,8,10H,1-2,7,9H2/q+1. The van der Waals surface area contributed by atoms with Crippen LogP contribution in [0.15, 0.2) is 49.7 Å². The zero-order valence-electron chi connectivity index (χ0n) is 7.24. The highest BCUT2D eigenvalue weighted by atomic mass is 14.9. The van der Waals surface area contributed by atoms with E-state index in [0.717, 1.165) is 13.0 Å². The third-order valence-electron chi connectivity index (χ3n) is 1.71. The average molecular weight is 160 g/mol. The summed E-state index contributed by atoms with van der Waals surface area (Å²) in [6, 6.07) is 6.17. The van der Waals surface area contributed by atoms with Gasteiger partial charge >= 0.3 is 0 Å². The van der Waals surface area contributed by atoms with Crippen LogP contribution in [-0.2, 0) is 13.0 Å². The molecule has 1 nitrogen and oxygen atoms in total. The fraction of sp³-hybridized carbons (Fsp3) is 0.182. The van der Waals surface area contributed by atoms with Crippen LogP contribution in [0.2, 0.25) is 0 Å². The van der Waals surface area contributed by atoms with E-state index in [9.17, 15) is 0 Å². The minimum atomic E-state index is 0.865. The highest BCUT2D eigenvalue weighted by Crippen LogP contribution is 1.93. The maximum Gasteiger partial charge on any atom is 0.185 e. The van der Waals surface area contributed by atoms with Gasteiger partial charge in [-0.25, -0.2) is 0 Å². The Morgan fingerprint density at radius 1 is 1.25 bits per heavy atom. The fourth-order valence-electron chi connectivity index (χ4n) is 1.16. The molecule has 1 heterocycles. The molecule has 0 unspecified atom stereocenters. The molecule has 0 radical (unpaired) electrons. The largest absolute Gasteiger partial charge is 0.198 e. The van der Waals surface area contributed by atoms with Gasteiger partial charge in [0.25, 0.3) is 0 Å². The van der Waals surface area contributed by atoms with Crippen molar-refractivity contribution < 1.29 is 4.57 Å².